The number of anilines is 1. The van der Waals surface area contributed by atoms with Crippen LogP contribution in [0.2, 0.25) is 0 Å². The van der Waals surface area contributed by atoms with Gasteiger partial charge in [0.15, 0.2) is 10.9 Å². The summed E-state index contributed by atoms with van der Waals surface area (Å²) in [7, 11) is 0. The molecule has 27 heavy (non-hydrogen) atoms. The lowest BCUT2D eigenvalue weighted by atomic mass is 10.2. The van der Waals surface area contributed by atoms with Crippen molar-refractivity contribution in [3.63, 3.8) is 0 Å². The number of amides is 1. The van der Waals surface area contributed by atoms with Crippen LogP contribution in [0.25, 0.3) is 33.5 Å². The van der Waals surface area contributed by atoms with E-state index >= 15 is 0 Å². The summed E-state index contributed by atoms with van der Waals surface area (Å²) in [5.74, 6) is 0.317. The van der Waals surface area contributed by atoms with Gasteiger partial charge in [0.2, 0.25) is 0 Å². The maximum absolute atomic E-state index is 12.5. The Labute approximate surface area is 157 Å². The minimum absolute atomic E-state index is 0.245. The summed E-state index contributed by atoms with van der Waals surface area (Å²) in [6.07, 6.45) is 1.46. The third kappa shape index (κ3) is 2.94. The normalized spacial score (nSPS) is 11.1. The number of rotatable bonds is 3. The molecule has 0 fully saturated rings. The SMILES string of the molecule is O=C(Nc1nc(-c2cc3ccccc3o2)cs1)c1cnc2ccccc2n1. The minimum Gasteiger partial charge on any atom is -0.454 e. The van der Waals surface area contributed by atoms with Gasteiger partial charge in [-0.3, -0.25) is 15.1 Å². The summed E-state index contributed by atoms with van der Waals surface area (Å²) in [6.45, 7) is 0. The lowest BCUT2D eigenvalue weighted by Gasteiger charge is -2.02. The second kappa shape index (κ2) is 6.30. The number of furan rings is 1. The first-order chi connectivity index (χ1) is 13.3. The zero-order chi connectivity index (χ0) is 18.2. The van der Waals surface area contributed by atoms with E-state index in [0.717, 1.165) is 16.5 Å². The molecule has 0 saturated carbocycles. The summed E-state index contributed by atoms with van der Waals surface area (Å²) in [5.41, 5.74) is 3.14. The van der Waals surface area contributed by atoms with E-state index in [1.165, 1.54) is 17.5 Å². The van der Waals surface area contributed by atoms with E-state index in [4.69, 9.17) is 4.42 Å². The van der Waals surface area contributed by atoms with E-state index in [1.807, 2.05) is 60.0 Å². The molecule has 1 amide bonds. The summed E-state index contributed by atoms with van der Waals surface area (Å²) < 4.78 is 5.81. The van der Waals surface area contributed by atoms with Crippen LogP contribution in [0.5, 0.6) is 0 Å². The number of thiazole rings is 1. The number of hydrogen-bond acceptors (Lipinski definition) is 6. The Kier molecular flexibility index (Phi) is 3.65. The van der Waals surface area contributed by atoms with Crippen molar-refractivity contribution in [2.45, 2.75) is 0 Å². The van der Waals surface area contributed by atoms with Crippen LogP contribution >= 0.6 is 11.3 Å². The largest absolute Gasteiger partial charge is 0.454 e. The Morgan fingerprint density at radius 2 is 1.81 bits per heavy atom. The van der Waals surface area contributed by atoms with Gasteiger partial charge in [-0.25, -0.2) is 9.97 Å². The van der Waals surface area contributed by atoms with Gasteiger partial charge in [-0.15, -0.1) is 11.3 Å². The Bertz CT molecular complexity index is 1260. The van der Waals surface area contributed by atoms with E-state index in [-0.39, 0.29) is 11.6 Å². The first-order valence-corrected chi connectivity index (χ1v) is 9.12. The van der Waals surface area contributed by atoms with Crippen LogP contribution in [-0.2, 0) is 0 Å². The van der Waals surface area contributed by atoms with Crippen LogP contribution in [0.3, 0.4) is 0 Å². The number of aromatic nitrogens is 3. The highest BCUT2D eigenvalue weighted by Crippen LogP contribution is 2.30. The van der Waals surface area contributed by atoms with Gasteiger partial charge in [0, 0.05) is 10.8 Å². The Morgan fingerprint density at radius 1 is 1.00 bits per heavy atom. The molecule has 5 rings (SSSR count). The monoisotopic (exact) mass is 372 g/mol. The highest BCUT2D eigenvalue weighted by molar-refractivity contribution is 7.14. The molecule has 0 bridgehead atoms. The molecule has 0 unspecified atom stereocenters. The number of benzene rings is 2. The van der Waals surface area contributed by atoms with Crippen molar-refractivity contribution < 1.29 is 9.21 Å². The number of carbonyl (C=O) groups excluding carboxylic acids is 1. The molecule has 0 spiro atoms. The van der Waals surface area contributed by atoms with Crippen LogP contribution in [0.15, 0.2) is 70.6 Å². The van der Waals surface area contributed by atoms with Crippen LogP contribution < -0.4 is 5.32 Å². The van der Waals surface area contributed by atoms with Crippen LogP contribution in [0.4, 0.5) is 5.13 Å². The third-order valence-corrected chi connectivity index (χ3v) is 4.84. The summed E-state index contributed by atoms with van der Waals surface area (Å²) >= 11 is 1.33. The molecule has 5 aromatic rings. The second-order valence-electron chi connectivity index (χ2n) is 5.88. The first kappa shape index (κ1) is 15.7. The van der Waals surface area contributed by atoms with Crippen molar-refractivity contribution in [1.29, 1.82) is 0 Å². The summed E-state index contributed by atoms with van der Waals surface area (Å²) in [5, 5.41) is 6.11. The number of fused-ring (bicyclic) bond motifs is 2. The molecule has 0 aliphatic carbocycles. The molecular formula is C20H12N4O2S. The fourth-order valence-electron chi connectivity index (χ4n) is 2.78. The lowest BCUT2D eigenvalue weighted by Crippen LogP contribution is -2.14. The molecule has 0 saturated heterocycles. The van der Waals surface area contributed by atoms with E-state index in [2.05, 4.69) is 20.3 Å². The molecule has 0 radical (unpaired) electrons. The minimum atomic E-state index is -0.348. The maximum atomic E-state index is 12.5. The average molecular weight is 372 g/mol. The van der Waals surface area contributed by atoms with E-state index < -0.39 is 0 Å². The van der Waals surface area contributed by atoms with Gasteiger partial charge in [0.1, 0.15) is 17.0 Å². The highest BCUT2D eigenvalue weighted by atomic mass is 32.1. The smallest absolute Gasteiger partial charge is 0.277 e. The predicted molar refractivity (Wildman–Crippen MR) is 105 cm³/mol. The van der Waals surface area contributed by atoms with Gasteiger partial charge in [-0.1, -0.05) is 30.3 Å². The van der Waals surface area contributed by atoms with Gasteiger partial charge in [-0.05, 0) is 24.3 Å². The first-order valence-electron chi connectivity index (χ1n) is 8.24. The zero-order valence-electron chi connectivity index (χ0n) is 13.9. The number of hydrogen-bond donors (Lipinski definition) is 1. The summed E-state index contributed by atoms with van der Waals surface area (Å²) in [6, 6.07) is 17.1. The second-order valence-corrected chi connectivity index (χ2v) is 6.74. The van der Waals surface area contributed by atoms with Gasteiger partial charge in [-0.2, -0.15) is 0 Å². The van der Waals surface area contributed by atoms with E-state index in [9.17, 15) is 4.79 Å². The third-order valence-electron chi connectivity index (χ3n) is 4.08. The number of para-hydroxylation sites is 3. The van der Waals surface area contributed by atoms with Crippen LogP contribution in [-0.4, -0.2) is 20.9 Å². The fraction of sp³-hybridized carbons (Fsp3) is 0. The highest BCUT2D eigenvalue weighted by Gasteiger charge is 2.14. The topological polar surface area (TPSA) is 80.9 Å². The van der Waals surface area contributed by atoms with E-state index in [1.54, 1.807) is 0 Å². The lowest BCUT2D eigenvalue weighted by molar-refractivity contribution is 0.102. The molecule has 7 heteroatoms. The van der Waals surface area contributed by atoms with Gasteiger partial charge in [0.05, 0.1) is 17.2 Å². The van der Waals surface area contributed by atoms with Crippen molar-refractivity contribution in [2.24, 2.45) is 0 Å². The number of nitrogens with zero attached hydrogens (tertiary/aromatic N) is 3. The number of nitrogens with one attached hydrogen (secondary N) is 1. The van der Waals surface area contributed by atoms with Gasteiger partial charge >= 0.3 is 0 Å². The van der Waals surface area contributed by atoms with Crippen molar-refractivity contribution in [1.82, 2.24) is 15.0 Å². The molecule has 0 aliphatic rings. The molecule has 3 aromatic heterocycles. The average Bonchev–Trinajstić information content (AvgIpc) is 3.34. The maximum Gasteiger partial charge on any atom is 0.277 e. The van der Waals surface area contributed by atoms with Gasteiger partial charge in [0.25, 0.3) is 5.91 Å². The molecule has 0 aliphatic heterocycles. The Morgan fingerprint density at radius 3 is 2.70 bits per heavy atom. The van der Waals surface area contributed by atoms with Crippen molar-refractivity contribution >= 4 is 44.4 Å². The Balaban J connectivity index is 1.39. The van der Waals surface area contributed by atoms with Crippen LogP contribution in [0, 0.1) is 0 Å². The van der Waals surface area contributed by atoms with Crippen molar-refractivity contribution in [2.75, 3.05) is 5.32 Å². The standard InChI is InChI=1S/C20H12N4O2S/c25-19(15-10-21-13-6-2-3-7-14(13)22-15)24-20-23-16(11-27-20)18-9-12-5-1-4-8-17(12)26-18/h1-11H,(H,23,24,25). The number of carbonyl (C=O) groups is 1. The summed E-state index contributed by atoms with van der Waals surface area (Å²) in [4.78, 5) is 25.5. The Hall–Kier alpha value is -3.58. The molecule has 6 nitrogen and oxygen atoms in total. The fourth-order valence-corrected chi connectivity index (χ4v) is 3.47. The van der Waals surface area contributed by atoms with Crippen molar-refractivity contribution in [3.05, 3.63) is 71.9 Å². The van der Waals surface area contributed by atoms with Gasteiger partial charge < -0.3 is 4.42 Å². The van der Waals surface area contributed by atoms with Crippen molar-refractivity contribution in [3.8, 4) is 11.5 Å². The molecule has 0 atom stereocenters. The molecule has 2 aromatic carbocycles. The molecule has 1 N–H and O–H groups in total. The molecule has 3 heterocycles. The predicted octanol–water partition coefficient (Wildman–Crippen LogP) is 4.75. The molecule has 130 valence electrons. The van der Waals surface area contributed by atoms with E-state index in [0.29, 0.717) is 22.1 Å². The molecular weight excluding hydrogens is 360 g/mol. The van der Waals surface area contributed by atoms with Crippen LogP contribution in [0.1, 0.15) is 10.5 Å². The quantitative estimate of drug-likeness (QED) is 0.494. The zero-order valence-corrected chi connectivity index (χ0v) is 14.7.